The molecule has 0 aromatic rings. The van der Waals surface area contributed by atoms with Gasteiger partial charge < -0.3 is 22.3 Å². The summed E-state index contributed by atoms with van der Waals surface area (Å²) in [7, 11) is 0. The summed E-state index contributed by atoms with van der Waals surface area (Å²) in [6.07, 6.45) is -0.355. The molecule has 7 N–H and O–H groups in total. The Labute approximate surface area is 91.5 Å². The van der Waals surface area contributed by atoms with Crippen LogP contribution in [-0.2, 0) is 4.79 Å². The molecule has 0 fully saturated rings. The molecule has 1 unspecified atom stereocenters. The largest absolute Gasteiger partial charge is 0.480 e. The number of rotatable bonds is 6. The maximum absolute atomic E-state index is 10.8. The second-order valence-electron chi connectivity index (χ2n) is 3.64. The molecule has 0 rings (SSSR count). The SMILES string of the molecule is CC(CN=C(N)N)(C[C@H](N)C(=O)O)[N+](=O)[O-]. The molecule has 0 bridgehead atoms. The molecule has 0 saturated carbocycles. The summed E-state index contributed by atoms with van der Waals surface area (Å²) >= 11 is 0. The van der Waals surface area contributed by atoms with Crippen LogP contribution in [0, 0.1) is 10.1 Å². The summed E-state index contributed by atoms with van der Waals surface area (Å²) in [5.74, 6) is -1.60. The fourth-order valence-electron chi connectivity index (χ4n) is 1.02. The van der Waals surface area contributed by atoms with Crippen molar-refractivity contribution >= 4 is 11.9 Å². The van der Waals surface area contributed by atoms with E-state index in [1.54, 1.807) is 0 Å². The normalized spacial score (nSPS) is 15.9. The van der Waals surface area contributed by atoms with Gasteiger partial charge in [-0.15, -0.1) is 0 Å². The van der Waals surface area contributed by atoms with Gasteiger partial charge in [0.1, 0.15) is 12.6 Å². The van der Waals surface area contributed by atoms with Gasteiger partial charge in [-0.3, -0.25) is 14.9 Å². The molecule has 0 radical (unpaired) electrons. The number of nitrogens with zero attached hydrogens (tertiary/aromatic N) is 2. The van der Waals surface area contributed by atoms with Crippen LogP contribution < -0.4 is 17.2 Å². The van der Waals surface area contributed by atoms with E-state index >= 15 is 0 Å². The number of nitrogens with two attached hydrogens (primary N) is 3. The number of carboxylic acid groups (broad SMARTS) is 1. The van der Waals surface area contributed by atoms with Gasteiger partial charge in [-0.1, -0.05) is 0 Å². The first-order valence-corrected chi connectivity index (χ1v) is 4.37. The second-order valence-corrected chi connectivity index (χ2v) is 3.64. The van der Waals surface area contributed by atoms with Crippen LogP contribution >= 0.6 is 0 Å². The maximum Gasteiger partial charge on any atom is 0.320 e. The van der Waals surface area contributed by atoms with E-state index in [9.17, 15) is 14.9 Å². The van der Waals surface area contributed by atoms with Crippen molar-refractivity contribution in [2.24, 2.45) is 22.2 Å². The first-order chi connectivity index (χ1) is 7.19. The zero-order chi connectivity index (χ0) is 12.9. The van der Waals surface area contributed by atoms with Crippen LogP contribution in [0.1, 0.15) is 13.3 Å². The minimum absolute atomic E-state index is 0.294. The molecule has 2 atom stereocenters. The van der Waals surface area contributed by atoms with Crippen molar-refractivity contribution in [1.29, 1.82) is 0 Å². The van der Waals surface area contributed by atoms with Crippen molar-refractivity contribution in [1.82, 2.24) is 0 Å². The van der Waals surface area contributed by atoms with Crippen LogP contribution in [0.2, 0.25) is 0 Å². The number of hydrogen-bond acceptors (Lipinski definition) is 5. The lowest BCUT2D eigenvalue weighted by atomic mass is 9.94. The van der Waals surface area contributed by atoms with E-state index in [1.807, 2.05) is 0 Å². The first kappa shape index (κ1) is 14.1. The Balaban J connectivity index is 4.77. The lowest BCUT2D eigenvalue weighted by Gasteiger charge is -2.20. The number of carbonyl (C=O) groups is 1. The Hall–Kier alpha value is -1.90. The van der Waals surface area contributed by atoms with Gasteiger partial charge in [-0.25, -0.2) is 4.99 Å². The molecule has 0 amide bonds. The topological polar surface area (TPSA) is 171 Å². The summed E-state index contributed by atoms with van der Waals surface area (Å²) in [5, 5.41) is 19.4. The molecule has 0 saturated heterocycles. The molecule has 0 aromatic carbocycles. The molecule has 0 aliphatic carbocycles. The standard InChI is InChI=1S/C7H15N5O4/c1-7(12(15)16,3-11-6(9)10)2-4(8)5(13)14/h4H,2-3,8H2,1H3,(H,13,14)(H4,9,10,11)/t4-,7?/m0/s1. The molecule has 9 nitrogen and oxygen atoms in total. The third-order valence-electron chi connectivity index (χ3n) is 2.02. The summed E-state index contributed by atoms with van der Waals surface area (Å²) in [6, 6.07) is -1.33. The van der Waals surface area contributed by atoms with Crippen molar-refractivity contribution in [3.8, 4) is 0 Å². The molecule has 0 aromatic heterocycles. The quantitative estimate of drug-likeness (QED) is 0.179. The third kappa shape index (κ3) is 4.09. The van der Waals surface area contributed by atoms with Gasteiger partial charge in [0.2, 0.25) is 5.54 Å². The molecule has 9 heteroatoms. The minimum atomic E-state index is -1.60. The Kier molecular flexibility index (Phi) is 4.63. The molecule has 92 valence electrons. The molecule has 0 aliphatic rings. The Bertz CT molecular complexity index is 314. The summed E-state index contributed by atoms with van der Waals surface area (Å²) < 4.78 is 0. The van der Waals surface area contributed by atoms with E-state index in [0.29, 0.717) is 0 Å². The Morgan fingerprint density at radius 1 is 1.62 bits per heavy atom. The van der Waals surface area contributed by atoms with Crippen LogP contribution in [0.25, 0.3) is 0 Å². The zero-order valence-corrected chi connectivity index (χ0v) is 8.79. The van der Waals surface area contributed by atoms with E-state index in [2.05, 4.69) is 4.99 Å². The number of carboxylic acids is 1. The predicted molar refractivity (Wildman–Crippen MR) is 56.3 cm³/mol. The Morgan fingerprint density at radius 3 is 2.44 bits per heavy atom. The van der Waals surface area contributed by atoms with Crippen LogP contribution in [-0.4, -0.2) is 40.1 Å². The van der Waals surface area contributed by atoms with Gasteiger partial charge in [0.25, 0.3) is 0 Å². The molecular weight excluding hydrogens is 218 g/mol. The zero-order valence-electron chi connectivity index (χ0n) is 8.79. The summed E-state index contributed by atoms with van der Waals surface area (Å²) in [6.45, 7) is 0.922. The fourth-order valence-corrected chi connectivity index (χ4v) is 1.02. The van der Waals surface area contributed by atoms with Gasteiger partial charge in [-0.05, 0) is 0 Å². The lowest BCUT2D eigenvalue weighted by Crippen LogP contribution is -2.47. The van der Waals surface area contributed by atoms with Crippen molar-refractivity contribution < 1.29 is 14.8 Å². The van der Waals surface area contributed by atoms with Gasteiger partial charge in [0.05, 0.1) is 0 Å². The summed E-state index contributed by atoms with van der Waals surface area (Å²) in [4.78, 5) is 24.2. The molecule has 0 heterocycles. The lowest BCUT2D eigenvalue weighted by molar-refractivity contribution is -0.563. The van der Waals surface area contributed by atoms with Crippen molar-refractivity contribution in [3.05, 3.63) is 10.1 Å². The fraction of sp³-hybridized carbons (Fsp3) is 0.714. The smallest absolute Gasteiger partial charge is 0.320 e. The highest BCUT2D eigenvalue weighted by Crippen LogP contribution is 2.16. The minimum Gasteiger partial charge on any atom is -0.480 e. The number of aliphatic carboxylic acids is 1. The highest BCUT2D eigenvalue weighted by molar-refractivity contribution is 5.75. The van der Waals surface area contributed by atoms with Gasteiger partial charge in [0, 0.05) is 18.3 Å². The number of guanidine groups is 1. The third-order valence-corrected chi connectivity index (χ3v) is 2.02. The number of hydrogen-bond donors (Lipinski definition) is 4. The van der Waals surface area contributed by atoms with Crippen LogP contribution in [0.5, 0.6) is 0 Å². The van der Waals surface area contributed by atoms with E-state index in [1.165, 1.54) is 6.92 Å². The predicted octanol–water partition coefficient (Wildman–Crippen LogP) is -1.90. The average Bonchev–Trinajstić information content (AvgIpc) is 2.14. The monoisotopic (exact) mass is 233 g/mol. The van der Waals surface area contributed by atoms with Crippen molar-refractivity contribution in [2.45, 2.75) is 24.9 Å². The number of aliphatic imine (C=N–C) groups is 1. The molecule has 0 spiro atoms. The van der Waals surface area contributed by atoms with E-state index in [-0.39, 0.29) is 18.9 Å². The van der Waals surface area contributed by atoms with E-state index in [4.69, 9.17) is 22.3 Å². The highest BCUT2D eigenvalue weighted by atomic mass is 16.6. The van der Waals surface area contributed by atoms with Crippen LogP contribution in [0.15, 0.2) is 4.99 Å². The van der Waals surface area contributed by atoms with Gasteiger partial charge in [0.15, 0.2) is 5.96 Å². The van der Waals surface area contributed by atoms with Crippen molar-refractivity contribution in [3.63, 3.8) is 0 Å². The van der Waals surface area contributed by atoms with Crippen molar-refractivity contribution in [2.75, 3.05) is 6.54 Å². The number of nitro groups is 1. The second kappa shape index (κ2) is 5.26. The van der Waals surface area contributed by atoms with E-state index < -0.39 is 22.5 Å². The highest BCUT2D eigenvalue weighted by Gasteiger charge is 2.40. The van der Waals surface area contributed by atoms with E-state index in [0.717, 1.165) is 0 Å². The molecule has 16 heavy (non-hydrogen) atoms. The Morgan fingerprint density at radius 2 is 2.12 bits per heavy atom. The van der Waals surface area contributed by atoms with Crippen LogP contribution in [0.3, 0.4) is 0 Å². The van der Waals surface area contributed by atoms with Crippen LogP contribution in [0.4, 0.5) is 0 Å². The van der Waals surface area contributed by atoms with Gasteiger partial charge in [-0.2, -0.15) is 0 Å². The molecular formula is C7H15N5O4. The first-order valence-electron chi connectivity index (χ1n) is 4.37. The maximum atomic E-state index is 10.8. The van der Waals surface area contributed by atoms with Gasteiger partial charge >= 0.3 is 5.97 Å². The average molecular weight is 233 g/mol. The summed E-state index contributed by atoms with van der Waals surface area (Å²) in [5.41, 5.74) is 13.7. The molecule has 0 aliphatic heterocycles.